The van der Waals surface area contributed by atoms with Gasteiger partial charge in [0, 0.05) is 16.5 Å². The lowest BCUT2D eigenvalue weighted by molar-refractivity contribution is -0.137. The van der Waals surface area contributed by atoms with E-state index < -0.39 is 11.7 Å². The van der Waals surface area contributed by atoms with Gasteiger partial charge in [0.1, 0.15) is 5.01 Å². The van der Waals surface area contributed by atoms with E-state index in [2.05, 4.69) is 10.3 Å². The first-order valence-corrected chi connectivity index (χ1v) is 9.14. The van der Waals surface area contributed by atoms with Gasteiger partial charge in [0.15, 0.2) is 5.78 Å². The number of carbonyl (C=O) groups is 2. The summed E-state index contributed by atoms with van der Waals surface area (Å²) in [5.41, 5.74) is 1.17. The van der Waals surface area contributed by atoms with Gasteiger partial charge < -0.3 is 5.32 Å². The normalized spacial score (nSPS) is 11.3. The Bertz CT molecular complexity index is 1010. The van der Waals surface area contributed by atoms with Gasteiger partial charge in [-0.3, -0.25) is 9.59 Å². The van der Waals surface area contributed by atoms with Crippen molar-refractivity contribution in [1.82, 2.24) is 4.98 Å². The zero-order valence-corrected chi connectivity index (χ0v) is 15.5. The Hall–Kier alpha value is -3.00. The van der Waals surface area contributed by atoms with Gasteiger partial charge in [-0.25, -0.2) is 4.98 Å². The maximum atomic E-state index is 12.6. The molecule has 4 nitrogen and oxygen atoms in total. The minimum absolute atomic E-state index is 0.0105. The van der Waals surface area contributed by atoms with Crippen molar-refractivity contribution in [3.05, 3.63) is 70.7 Å². The molecule has 0 unspecified atom stereocenters. The maximum Gasteiger partial charge on any atom is 0.416 e. The number of alkyl halides is 3. The van der Waals surface area contributed by atoms with Crippen LogP contribution in [0.15, 0.2) is 53.9 Å². The van der Waals surface area contributed by atoms with Crippen LogP contribution in [0.25, 0.3) is 10.6 Å². The number of ketones is 1. The lowest BCUT2D eigenvalue weighted by Gasteiger charge is -2.08. The first-order valence-electron chi connectivity index (χ1n) is 8.26. The number of amides is 1. The molecule has 0 spiro atoms. The number of para-hydroxylation sites is 1. The van der Waals surface area contributed by atoms with E-state index in [1.54, 1.807) is 29.6 Å². The standard InChI is InChI=1S/C20H15F3N2O2S/c1-12(26)16-4-2-3-5-17(16)25-18(27)10-15-11-28-19(24-15)13-6-8-14(9-7-13)20(21,22)23/h2-9,11H,10H2,1H3,(H,25,27). The van der Waals surface area contributed by atoms with Gasteiger partial charge in [-0.15, -0.1) is 11.3 Å². The molecular weight excluding hydrogens is 389 g/mol. The Morgan fingerprint density at radius 2 is 1.75 bits per heavy atom. The van der Waals surface area contributed by atoms with Crippen molar-refractivity contribution in [3.63, 3.8) is 0 Å². The first-order chi connectivity index (χ1) is 13.2. The zero-order valence-electron chi connectivity index (χ0n) is 14.7. The van der Waals surface area contributed by atoms with Crippen LogP contribution >= 0.6 is 11.3 Å². The van der Waals surface area contributed by atoms with Gasteiger partial charge in [0.05, 0.1) is 23.4 Å². The molecule has 1 heterocycles. The van der Waals surface area contributed by atoms with E-state index >= 15 is 0 Å². The average Bonchev–Trinajstić information content (AvgIpc) is 3.09. The van der Waals surface area contributed by atoms with Crippen molar-refractivity contribution in [3.8, 4) is 10.6 Å². The highest BCUT2D eigenvalue weighted by molar-refractivity contribution is 7.13. The molecule has 2 aromatic carbocycles. The summed E-state index contributed by atoms with van der Waals surface area (Å²) in [6.07, 6.45) is -4.40. The van der Waals surface area contributed by atoms with Gasteiger partial charge in [-0.1, -0.05) is 24.3 Å². The summed E-state index contributed by atoms with van der Waals surface area (Å²) < 4.78 is 37.9. The Morgan fingerprint density at radius 3 is 2.39 bits per heavy atom. The number of aromatic nitrogens is 1. The van der Waals surface area contributed by atoms with Gasteiger partial charge in [-0.2, -0.15) is 13.2 Å². The molecule has 1 amide bonds. The minimum atomic E-state index is -4.39. The molecule has 3 rings (SSSR count). The molecular formula is C20H15F3N2O2S. The van der Waals surface area contributed by atoms with Crippen molar-refractivity contribution in [2.24, 2.45) is 0 Å². The van der Waals surface area contributed by atoms with Gasteiger partial charge in [0.2, 0.25) is 5.91 Å². The third kappa shape index (κ3) is 4.64. The van der Waals surface area contributed by atoms with Crippen molar-refractivity contribution >= 4 is 28.7 Å². The van der Waals surface area contributed by atoms with E-state index in [4.69, 9.17) is 0 Å². The molecule has 28 heavy (non-hydrogen) atoms. The summed E-state index contributed by atoms with van der Waals surface area (Å²) in [5, 5.41) is 4.91. The Balaban J connectivity index is 1.69. The Morgan fingerprint density at radius 1 is 1.07 bits per heavy atom. The SMILES string of the molecule is CC(=O)c1ccccc1NC(=O)Cc1csc(-c2ccc(C(F)(F)F)cc2)n1. The highest BCUT2D eigenvalue weighted by Gasteiger charge is 2.30. The fourth-order valence-electron chi connectivity index (χ4n) is 2.58. The van der Waals surface area contributed by atoms with Crippen LogP contribution < -0.4 is 5.32 Å². The van der Waals surface area contributed by atoms with Crippen LogP contribution in [0.3, 0.4) is 0 Å². The van der Waals surface area contributed by atoms with Crippen molar-refractivity contribution in [2.75, 3.05) is 5.32 Å². The molecule has 1 N–H and O–H groups in total. The molecule has 0 aliphatic rings. The number of nitrogens with zero attached hydrogens (tertiary/aromatic N) is 1. The van der Waals surface area contributed by atoms with Gasteiger partial charge in [0.25, 0.3) is 0 Å². The average molecular weight is 404 g/mol. The van der Waals surface area contributed by atoms with E-state index in [9.17, 15) is 22.8 Å². The van der Waals surface area contributed by atoms with Crippen LogP contribution in [0, 0.1) is 0 Å². The second-order valence-electron chi connectivity index (χ2n) is 6.05. The zero-order chi connectivity index (χ0) is 20.3. The summed E-state index contributed by atoms with van der Waals surface area (Å²) in [7, 11) is 0. The molecule has 0 aliphatic carbocycles. The molecule has 0 bridgehead atoms. The molecule has 1 aromatic heterocycles. The monoisotopic (exact) mass is 404 g/mol. The second kappa shape index (κ2) is 7.93. The van der Waals surface area contributed by atoms with E-state index in [1.165, 1.54) is 30.4 Å². The van der Waals surface area contributed by atoms with Crippen molar-refractivity contribution in [1.29, 1.82) is 0 Å². The molecule has 144 valence electrons. The molecule has 3 aromatic rings. The molecule has 8 heteroatoms. The largest absolute Gasteiger partial charge is 0.416 e. The summed E-state index contributed by atoms with van der Waals surface area (Å²) in [5.74, 6) is -0.493. The molecule has 0 saturated carbocycles. The lowest BCUT2D eigenvalue weighted by atomic mass is 10.1. The van der Waals surface area contributed by atoms with Crippen LogP contribution in [-0.4, -0.2) is 16.7 Å². The molecule has 0 fully saturated rings. The van der Waals surface area contributed by atoms with E-state index in [1.807, 2.05) is 0 Å². The van der Waals surface area contributed by atoms with Crippen LogP contribution in [0.5, 0.6) is 0 Å². The quantitative estimate of drug-likeness (QED) is 0.594. The lowest BCUT2D eigenvalue weighted by Crippen LogP contribution is -2.16. The Kier molecular flexibility index (Phi) is 5.60. The number of halogens is 3. The fourth-order valence-corrected chi connectivity index (χ4v) is 3.41. The summed E-state index contributed by atoms with van der Waals surface area (Å²) in [6.45, 7) is 1.42. The molecule has 0 saturated heterocycles. The number of Topliss-reactive ketones (excluding diaryl/α,β-unsaturated/α-hetero) is 1. The fraction of sp³-hybridized carbons (Fsp3) is 0.150. The predicted molar refractivity (Wildman–Crippen MR) is 101 cm³/mol. The van der Waals surface area contributed by atoms with E-state index in [-0.39, 0.29) is 18.1 Å². The molecule has 0 atom stereocenters. The van der Waals surface area contributed by atoms with E-state index in [0.717, 1.165) is 12.1 Å². The number of nitrogens with one attached hydrogen (secondary N) is 1. The number of rotatable bonds is 5. The van der Waals surface area contributed by atoms with Crippen molar-refractivity contribution < 1.29 is 22.8 Å². The van der Waals surface area contributed by atoms with E-state index in [0.29, 0.717) is 27.5 Å². The van der Waals surface area contributed by atoms with Gasteiger partial charge in [-0.05, 0) is 31.2 Å². The van der Waals surface area contributed by atoms with Crippen molar-refractivity contribution in [2.45, 2.75) is 19.5 Å². The summed E-state index contributed by atoms with van der Waals surface area (Å²) >= 11 is 1.25. The van der Waals surface area contributed by atoms with Crippen LogP contribution in [-0.2, 0) is 17.4 Å². The molecule has 0 radical (unpaired) electrons. The van der Waals surface area contributed by atoms with Crippen LogP contribution in [0.1, 0.15) is 28.5 Å². The minimum Gasteiger partial charge on any atom is -0.325 e. The third-order valence-corrected chi connectivity index (χ3v) is 4.87. The van der Waals surface area contributed by atoms with Crippen LogP contribution in [0.2, 0.25) is 0 Å². The molecule has 0 aliphatic heterocycles. The smallest absolute Gasteiger partial charge is 0.325 e. The summed E-state index contributed by atoms with van der Waals surface area (Å²) in [6, 6.07) is 11.4. The highest BCUT2D eigenvalue weighted by Crippen LogP contribution is 2.31. The van der Waals surface area contributed by atoms with Gasteiger partial charge >= 0.3 is 6.18 Å². The highest BCUT2D eigenvalue weighted by atomic mass is 32.1. The maximum absolute atomic E-state index is 12.6. The number of anilines is 1. The number of thiazole rings is 1. The Labute approximate surface area is 163 Å². The van der Waals surface area contributed by atoms with Crippen LogP contribution in [0.4, 0.5) is 18.9 Å². The predicted octanol–water partition coefficient (Wildman–Crippen LogP) is 5.21. The first kappa shape index (κ1) is 19.8. The number of carbonyl (C=O) groups excluding carboxylic acids is 2. The summed E-state index contributed by atoms with van der Waals surface area (Å²) in [4.78, 5) is 28.2. The third-order valence-electron chi connectivity index (χ3n) is 3.93. The number of hydrogen-bond donors (Lipinski definition) is 1. The number of benzene rings is 2. The topological polar surface area (TPSA) is 59.1 Å². The second-order valence-corrected chi connectivity index (χ2v) is 6.90. The number of hydrogen-bond acceptors (Lipinski definition) is 4.